The maximum absolute atomic E-state index is 12.2. The van der Waals surface area contributed by atoms with Crippen LogP contribution in [0.15, 0.2) is 53.5 Å². The lowest BCUT2D eigenvalue weighted by Gasteiger charge is -2.12. The van der Waals surface area contributed by atoms with Crippen LogP contribution >= 0.6 is 0 Å². The van der Waals surface area contributed by atoms with Crippen LogP contribution in [0.25, 0.3) is 10.9 Å². The standard InChI is InChI=1S/C16H12N2O4/c19-12-7-6-11-8-17-13(16(21)22)15(20)14(11)18(12)9-10-4-2-1-3-5-10/h1-8,20H,9H2,(H,21,22). The Balaban J connectivity index is 2.28. The van der Waals surface area contributed by atoms with Crippen LogP contribution in [0, 0.1) is 0 Å². The van der Waals surface area contributed by atoms with Crippen molar-refractivity contribution in [1.82, 2.24) is 9.55 Å². The molecule has 2 aromatic heterocycles. The molecular formula is C16H12N2O4. The first-order valence-electron chi connectivity index (χ1n) is 6.56. The van der Waals surface area contributed by atoms with E-state index in [9.17, 15) is 14.7 Å². The topological polar surface area (TPSA) is 92.4 Å². The van der Waals surface area contributed by atoms with Crippen molar-refractivity contribution in [3.63, 3.8) is 0 Å². The lowest BCUT2D eigenvalue weighted by atomic mass is 10.1. The molecule has 1 aromatic carbocycles. The van der Waals surface area contributed by atoms with Gasteiger partial charge in [0, 0.05) is 17.6 Å². The van der Waals surface area contributed by atoms with Gasteiger partial charge in [0.05, 0.1) is 12.1 Å². The molecule has 0 amide bonds. The number of hydrogen-bond donors (Lipinski definition) is 2. The third-order valence-corrected chi connectivity index (χ3v) is 3.38. The van der Waals surface area contributed by atoms with Gasteiger partial charge in [-0.05, 0) is 11.6 Å². The maximum Gasteiger partial charge on any atom is 0.358 e. The van der Waals surface area contributed by atoms with E-state index in [1.54, 1.807) is 0 Å². The fourth-order valence-electron chi connectivity index (χ4n) is 2.35. The van der Waals surface area contributed by atoms with Crippen molar-refractivity contribution in [3.8, 4) is 5.75 Å². The quantitative estimate of drug-likeness (QED) is 0.769. The molecule has 2 heterocycles. The minimum Gasteiger partial charge on any atom is -0.504 e. The highest BCUT2D eigenvalue weighted by atomic mass is 16.4. The van der Waals surface area contributed by atoms with E-state index in [1.165, 1.54) is 22.9 Å². The summed E-state index contributed by atoms with van der Waals surface area (Å²) in [4.78, 5) is 27.0. The number of aromatic carboxylic acids is 1. The number of fused-ring (bicyclic) bond motifs is 1. The Hall–Kier alpha value is -3.15. The van der Waals surface area contributed by atoms with Crippen LogP contribution in [-0.4, -0.2) is 25.7 Å². The van der Waals surface area contributed by atoms with Crippen LogP contribution in [0.5, 0.6) is 5.75 Å². The number of aromatic hydroxyl groups is 1. The second-order valence-electron chi connectivity index (χ2n) is 4.81. The van der Waals surface area contributed by atoms with Crippen molar-refractivity contribution < 1.29 is 15.0 Å². The summed E-state index contributed by atoms with van der Waals surface area (Å²) in [6, 6.07) is 12.1. The van der Waals surface area contributed by atoms with Crippen molar-refractivity contribution in [2.24, 2.45) is 0 Å². The third kappa shape index (κ3) is 2.31. The van der Waals surface area contributed by atoms with Gasteiger partial charge >= 0.3 is 5.97 Å². The summed E-state index contributed by atoms with van der Waals surface area (Å²) in [6.07, 6.45) is 1.33. The molecule has 6 heteroatoms. The molecule has 0 radical (unpaired) electrons. The Morgan fingerprint density at radius 1 is 1.14 bits per heavy atom. The number of aromatic nitrogens is 2. The van der Waals surface area contributed by atoms with Crippen LogP contribution in [0.2, 0.25) is 0 Å². The highest BCUT2D eigenvalue weighted by Crippen LogP contribution is 2.26. The van der Waals surface area contributed by atoms with Crippen LogP contribution in [0.3, 0.4) is 0 Å². The fraction of sp³-hybridized carbons (Fsp3) is 0.0625. The number of carboxylic acids is 1. The molecule has 2 N–H and O–H groups in total. The molecule has 0 bridgehead atoms. The van der Waals surface area contributed by atoms with Gasteiger partial charge in [-0.3, -0.25) is 4.79 Å². The minimum atomic E-state index is -1.35. The largest absolute Gasteiger partial charge is 0.504 e. The van der Waals surface area contributed by atoms with Gasteiger partial charge in [-0.2, -0.15) is 0 Å². The van der Waals surface area contributed by atoms with Crippen molar-refractivity contribution in [1.29, 1.82) is 0 Å². The number of rotatable bonds is 3. The molecule has 0 fully saturated rings. The number of hydrogen-bond acceptors (Lipinski definition) is 4. The summed E-state index contributed by atoms with van der Waals surface area (Å²) < 4.78 is 1.34. The molecule has 3 aromatic rings. The molecule has 0 aliphatic heterocycles. The van der Waals surface area contributed by atoms with Crippen LogP contribution in [-0.2, 0) is 6.54 Å². The summed E-state index contributed by atoms with van der Waals surface area (Å²) in [7, 11) is 0. The number of nitrogens with zero attached hydrogens (tertiary/aromatic N) is 2. The van der Waals surface area contributed by atoms with Crippen molar-refractivity contribution in [2.45, 2.75) is 6.54 Å². The summed E-state index contributed by atoms with van der Waals surface area (Å²) >= 11 is 0. The molecule has 0 saturated carbocycles. The van der Waals surface area contributed by atoms with Gasteiger partial charge in [-0.1, -0.05) is 30.3 Å². The summed E-state index contributed by atoms with van der Waals surface area (Å²) in [5.74, 6) is -1.85. The van der Waals surface area contributed by atoms with E-state index < -0.39 is 17.4 Å². The molecule has 0 aliphatic rings. The van der Waals surface area contributed by atoms with Gasteiger partial charge < -0.3 is 14.8 Å². The zero-order valence-electron chi connectivity index (χ0n) is 11.4. The number of carbonyl (C=O) groups is 1. The molecule has 0 spiro atoms. The third-order valence-electron chi connectivity index (χ3n) is 3.38. The van der Waals surface area contributed by atoms with E-state index in [2.05, 4.69) is 4.98 Å². The predicted molar refractivity (Wildman–Crippen MR) is 80.2 cm³/mol. The molecule has 0 aliphatic carbocycles. The van der Waals surface area contributed by atoms with Gasteiger partial charge in [0.2, 0.25) is 0 Å². The first-order valence-corrected chi connectivity index (χ1v) is 6.56. The Morgan fingerprint density at radius 2 is 1.86 bits per heavy atom. The number of benzene rings is 1. The zero-order valence-corrected chi connectivity index (χ0v) is 11.4. The average molecular weight is 296 g/mol. The normalized spacial score (nSPS) is 10.7. The lowest BCUT2D eigenvalue weighted by molar-refractivity contribution is 0.0687. The van der Waals surface area contributed by atoms with Crippen LogP contribution in [0.4, 0.5) is 0 Å². The summed E-state index contributed by atoms with van der Waals surface area (Å²) in [5, 5.41) is 19.8. The summed E-state index contributed by atoms with van der Waals surface area (Å²) in [5.41, 5.74) is 0.239. The van der Waals surface area contributed by atoms with E-state index in [0.29, 0.717) is 5.39 Å². The Bertz CT molecular complexity index is 917. The highest BCUT2D eigenvalue weighted by molar-refractivity contribution is 5.96. The lowest BCUT2D eigenvalue weighted by Crippen LogP contribution is -2.20. The second-order valence-corrected chi connectivity index (χ2v) is 4.81. The van der Waals surface area contributed by atoms with Crippen molar-refractivity contribution in [3.05, 3.63) is 70.3 Å². The zero-order chi connectivity index (χ0) is 15.7. The second kappa shape index (κ2) is 5.33. The van der Waals surface area contributed by atoms with E-state index >= 15 is 0 Å². The molecule has 110 valence electrons. The van der Waals surface area contributed by atoms with E-state index in [-0.39, 0.29) is 17.6 Å². The predicted octanol–water partition coefficient (Wildman–Crippen LogP) is 1.85. The number of carboxylic acid groups (broad SMARTS) is 1. The summed E-state index contributed by atoms with van der Waals surface area (Å²) in [6.45, 7) is 0.230. The van der Waals surface area contributed by atoms with Gasteiger partial charge in [-0.25, -0.2) is 9.78 Å². The highest BCUT2D eigenvalue weighted by Gasteiger charge is 2.17. The first kappa shape index (κ1) is 13.8. The smallest absolute Gasteiger partial charge is 0.358 e. The molecule has 0 saturated heterocycles. The van der Waals surface area contributed by atoms with E-state index in [0.717, 1.165) is 5.56 Å². The maximum atomic E-state index is 12.2. The van der Waals surface area contributed by atoms with Crippen molar-refractivity contribution >= 4 is 16.9 Å². The molecular weight excluding hydrogens is 284 g/mol. The van der Waals surface area contributed by atoms with E-state index in [1.807, 2.05) is 30.3 Å². The molecule has 3 rings (SSSR count). The monoisotopic (exact) mass is 296 g/mol. The SMILES string of the molecule is O=C(O)c1ncc2ccc(=O)n(Cc3ccccc3)c2c1O. The molecule has 0 atom stereocenters. The van der Waals surface area contributed by atoms with Gasteiger partial charge in [0.1, 0.15) is 0 Å². The van der Waals surface area contributed by atoms with E-state index in [4.69, 9.17) is 5.11 Å². The van der Waals surface area contributed by atoms with Gasteiger partial charge in [0.15, 0.2) is 11.4 Å². The van der Waals surface area contributed by atoms with Crippen LogP contribution in [0.1, 0.15) is 16.1 Å². The van der Waals surface area contributed by atoms with Crippen LogP contribution < -0.4 is 5.56 Å². The minimum absolute atomic E-state index is 0.170. The molecule has 22 heavy (non-hydrogen) atoms. The van der Waals surface area contributed by atoms with Crippen molar-refractivity contribution in [2.75, 3.05) is 0 Å². The Labute approximate surface area is 124 Å². The number of pyridine rings is 2. The van der Waals surface area contributed by atoms with Gasteiger partial charge in [-0.15, -0.1) is 0 Å². The first-order chi connectivity index (χ1) is 10.6. The average Bonchev–Trinajstić information content (AvgIpc) is 2.51. The molecule has 0 unspecified atom stereocenters. The Morgan fingerprint density at radius 3 is 2.55 bits per heavy atom. The van der Waals surface area contributed by atoms with Gasteiger partial charge in [0.25, 0.3) is 5.56 Å². The molecule has 6 nitrogen and oxygen atoms in total. The fourth-order valence-corrected chi connectivity index (χ4v) is 2.35. The Kier molecular flexibility index (Phi) is 3.34.